The number of aryl methyl sites for hydroxylation is 2. The lowest BCUT2D eigenvalue weighted by molar-refractivity contribution is -0.138. The van der Waals surface area contributed by atoms with Gasteiger partial charge >= 0.3 is 5.97 Å². The molecule has 6 heteroatoms. The Morgan fingerprint density at radius 3 is 2.53 bits per heavy atom. The summed E-state index contributed by atoms with van der Waals surface area (Å²) in [5.41, 5.74) is 8.04. The van der Waals surface area contributed by atoms with Crippen LogP contribution in [0, 0.1) is 19.8 Å². The summed E-state index contributed by atoms with van der Waals surface area (Å²) in [6, 6.07) is 8.84. The molecule has 0 aliphatic carbocycles. The van der Waals surface area contributed by atoms with E-state index in [1.165, 1.54) is 27.8 Å². The van der Waals surface area contributed by atoms with Crippen LogP contribution in [0.5, 0.6) is 0 Å². The molecule has 3 aromatic rings. The lowest BCUT2D eigenvalue weighted by Crippen LogP contribution is -2.34. The molecule has 0 radical (unpaired) electrons. The van der Waals surface area contributed by atoms with Crippen LogP contribution < -0.4 is 4.90 Å². The van der Waals surface area contributed by atoms with Crippen molar-refractivity contribution in [3.8, 4) is 5.69 Å². The van der Waals surface area contributed by atoms with Crippen molar-refractivity contribution in [2.75, 3.05) is 18.0 Å². The average molecular weight is 452 g/mol. The molecule has 170 valence electrons. The summed E-state index contributed by atoms with van der Waals surface area (Å²) in [4.78, 5) is 18.5. The molecule has 0 unspecified atom stereocenters. The number of piperidine rings is 1. The van der Waals surface area contributed by atoms with Crippen LogP contribution in [0.15, 0.2) is 30.5 Å². The third-order valence-corrected chi connectivity index (χ3v) is 7.01. The number of benzene rings is 1. The molecule has 32 heavy (non-hydrogen) atoms. The second kappa shape index (κ2) is 9.18. The highest BCUT2D eigenvalue weighted by atomic mass is 32.1. The molecule has 1 aliphatic rings. The van der Waals surface area contributed by atoms with Gasteiger partial charge in [-0.15, -0.1) is 0 Å². The van der Waals surface area contributed by atoms with Crippen molar-refractivity contribution in [3.05, 3.63) is 52.8 Å². The second-order valence-corrected chi connectivity index (χ2v) is 9.71. The smallest absolute Gasteiger partial charge is 0.303 e. The maximum atomic E-state index is 11.1. The maximum Gasteiger partial charge on any atom is 0.303 e. The zero-order valence-electron chi connectivity index (χ0n) is 19.4. The topological polar surface area (TPSA) is 58.4 Å². The molecule has 0 amide bonds. The quantitative estimate of drug-likeness (QED) is 0.459. The Labute approximate surface area is 195 Å². The third-order valence-electron chi connectivity index (χ3n) is 6.67. The number of thiol groups is 1. The number of rotatable bonds is 6. The van der Waals surface area contributed by atoms with E-state index in [1.807, 2.05) is 6.92 Å². The predicted octanol–water partition coefficient (Wildman–Crippen LogP) is 5.89. The number of hydrogen-bond donors (Lipinski definition) is 2. The van der Waals surface area contributed by atoms with E-state index >= 15 is 0 Å². The summed E-state index contributed by atoms with van der Waals surface area (Å²) in [7, 11) is 0. The van der Waals surface area contributed by atoms with Crippen LogP contribution in [0.4, 0.5) is 5.69 Å². The maximum absolute atomic E-state index is 11.1. The average Bonchev–Trinajstić information content (AvgIpc) is 3.08. The van der Waals surface area contributed by atoms with E-state index in [-0.39, 0.29) is 12.3 Å². The molecule has 3 heterocycles. The summed E-state index contributed by atoms with van der Waals surface area (Å²) in [5, 5.41) is 10.3. The van der Waals surface area contributed by atoms with Crippen molar-refractivity contribution in [2.45, 2.75) is 58.6 Å². The number of hydrogen-bond acceptors (Lipinski definition) is 4. The van der Waals surface area contributed by atoms with Gasteiger partial charge in [-0.3, -0.25) is 4.79 Å². The lowest BCUT2D eigenvalue weighted by Gasteiger charge is -2.33. The summed E-state index contributed by atoms with van der Waals surface area (Å²) in [6.45, 7) is 10.4. The van der Waals surface area contributed by atoms with E-state index in [1.54, 1.807) is 0 Å². The van der Waals surface area contributed by atoms with Crippen LogP contribution in [0.1, 0.15) is 61.4 Å². The molecule has 0 spiro atoms. The lowest BCUT2D eigenvalue weighted by atomic mass is 9.93. The van der Waals surface area contributed by atoms with E-state index < -0.39 is 5.97 Å². The van der Waals surface area contributed by atoms with Crippen molar-refractivity contribution in [2.24, 2.45) is 5.92 Å². The molecular weight excluding hydrogens is 418 g/mol. The van der Waals surface area contributed by atoms with Gasteiger partial charge in [0.2, 0.25) is 0 Å². The van der Waals surface area contributed by atoms with Crippen molar-refractivity contribution in [1.29, 1.82) is 0 Å². The normalized spacial score (nSPS) is 15.1. The first-order valence-corrected chi connectivity index (χ1v) is 12.1. The number of carbonyl (C=O) groups is 1. The highest BCUT2D eigenvalue weighted by Crippen LogP contribution is 2.36. The molecule has 1 fully saturated rings. The Hall–Kier alpha value is -2.47. The van der Waals surface area contributed by atoms with Crippen molar-refractivity contribution in [3.63, 3.8) is 0 Å². The van der Waals surface area contributed by atoms with Gasteiger partial charge in [0.1, 0.15) is 5.65 Å². The first-order chi connectivity index (χ1) is 15.3. The Balaban J connectivity index is 1.76. The second-order valence-electron chi connectivity index (χ2n) is 9.39. The van der Waals surface area contributed by atoms with Gasteiger partial charge in [0, 0.05) is 48.2 Å². The van der Waals surface area contributed by atoms with E-state index in [9.17, 15) is 4.79 Å². The minimum Gasteiger partial charge on any atom is -0.481 e. The molecule has 1 aliphatic heterocycles. The number of nitrogens with zero attached hydrogens (tertiary/aromatic N) is 3. The molecule has 1 aromatic carbocycles. The van der Waals surface area contributed by atoms with Crippen LogP contribution >= 0.6 is 12.6 Å². The number of aromatic nitrogens is 2. The molecular formula is C26H33N3O2S. The predicted molar refractivity (Wildman–Crippen MR) is 135 cm³/mol. The van der Waals surface area contributed by atoms with E-state index in [0.29, 0.717) is 11.7 Å². The third kappa shape index (κ3) is 4.38. The number of carboxylic acids is 1. The van der Waals surface area contributed by atoms with Crippen LogP contribution in [0.2, 0.25) is 0 Å². The summed E-state index contributed by atoms with van der Waals surface area (Å²) in [6.07, 6.45) is 4.28. The van der Waals surface area contributed by atoms with Gasteiger partial charge in [-0.05, 0) is 67.3 Å². The van der Waals surface area contributed by atoms with Gasteiger partial charge in [0.25, 0.3) is 0 Å². The number of anilines is 1. The van der Waals surface area contributed by atoms with Crippen molar-refractivity contribution >= 4 is 35.3 Å². The summed E-state index contributed by atoms with van der Waals surface area (Å²) >= 11 is 4.62. The van der Waals surface area contributed by atoms with Crippen LogP contribution in [-0.2, 0) is 10.5 Å². The van der Waals surface area contributed by atoms with Crippen molar-refractivity contribution < 1.29 is 9.90 Å². The Morgan fingerprint density at radius 2 is 1.91 bits per heavy atom. The largest absolute Gasteiger partial charge is 0.481 e. The van der Waals surface area contributed by atoms with Crippen LogP contribution in [-0.4, -0.2) is 33.7 Å². The van der Waals surface area contributed by atoms with Gasteiger partial charge in [0.05, 0.1) is 5.69 Å². The van der Waals surface area contributed by atoms with Crippen LogP contribution in [0.25, 0.3) is 16.7 Å². The number of aliphatic carboxylic acids is 1. The summed E-state index contributed by atoms with van der Waals surface area (Å²) < 4.78 is 2.22. The van der Waals surface area contributed by atoms with Crippen molar-refractivity contribution in [1.82, 2.24) is 9.55 Å². The highest BCUT2D eigenvalue weighted by molar-refractivity contribution is 7.79. The molecule has 5 nitrogen and oxygen atoms in total. The Bertz CT molecular complexity index is 1140. The fourth-order valence-corrected chi connectivity index (χ4v) is 5.15. The van der Waals surface area contributed by atoms with Gasteiger partial charge in [-0.1, -0.05) is 26.0 Å². The molecule has 0 saturated carbocycles. The van der Waals surface area contributed by atoms with Gasteiger partial charge in [-0.25, -0.2) is 4.98 Å². The SMILES string of the molecule is Cc1cc(N2CCC(CC(=O)O)CC2)c2c(C)cn(-c3ccc(C(C)C)cc3CS)c2n1. The minimum absolute atomic E-state index is 0.269. The molecule has 0 atom stereocenters. The standard InChI is InChI=1S/C26H33N3O2S/c1-16(2)20-5-6-22(21(13-20)15-32)29-14-17(3)25-23(11-18(4)27-26(25)29)28-9-7-19(8-10-28)12-24(30)31/h5-6,11,13-14,16,19,32H,7-10,12,15H2,1-4H3,(H,30,31). The summed E-state index contributed by atoms with van der Waals surface area (Å²) in [5.74, 6) is 0.721. The molecule has 1 saturated heterocycles. The molecule has 4 rings (SSSR count). The fourth-order valence-electron chi connectivity index (χ4n) is 4.90. The Kier molecular flexibility index (Phi) is 6.52. The van der Waals surface area contributed by atoms with E-state index in [4.69, 9.17) is 10.1 Å². The number of fused-ring (bicyclic) bond motifs is 1. The zero-order valence-corrected chi connectivity index (χ0v) is 20.3. The number of carboxylic acid groups (broad SMARTS) is 1. The molecule has 1 N–H and O–H groups in total. The van der Waals surface area contributed by atoms with Gasteiger partial charge in [0.15, 0.2) is 0 Å². The minimum atomic E-state index is -0.693. The molecule has 0 bridgehead atoms. The number of pyridine rings is 1. The zero-order chi connectivity index (χ0) is 23.0. The Morgan fingerprint density at radius 1 is 1.19 bits per heavy atom. The van der Waals surface area contributed by atoms with Gasteiger partial charge in [-0.2, -0.15) is 12.6 Å². The van der Waals surface area contributed by atoms with Gasteiger partial charge < -0.3 is 14.6 Å². The van der Waals surface area contributed by atoms with Crippen LogP contribution in [0.3, 0.4) is 0 Å². The fraction of sp³-hybridized carbons (Fsp3) is 0.462. The first-order valence-electron chi connectivity index (χ1n) is 11.5. The van der Waals surface area contributed by atoms with E-state index in [2.05, 4.69) is 73.3 Å². The molecule has 2 aromatic heterocycles. The highest BCUT2D eigenvalue weighted by Gasteiger charge is 2.25. The first kappa shape index (κ1) is 22.7. The monoisotopic (exact) mass is 451 g/mol. The van der Waals surface area contributed by atoms with E-state index in [0.717, 1.165) is 43.0 Å².